The molecule has 0 spiro atoms. The molecule has 14 heavy (non-hydrogen) atoms. The largest absolute Gasteiger partial charge is 0.494 e. The van der Waals surface area contributed by atoms with Crippen molar-refractivity contribution in [2.24, 2.45) is 0 Å². The molecular weight excluding hydrogens is 180 g/mol. The number of carbonyl (C=O) groups is 1. The summed E-state index contributed by atoms with van der Waals surface area (Å²) in [5, 5.41) is 8.55. The lowest BCUT2D eigenvalue weighted by molar-refractivity contribution is -0.136. The second-order valence-corrected chi connectivity index (χ2v) is 3.06. The van der Waals surface area contributed by atoms with Gasteiger partial charge in [0.25, 0.3) is 0 Å². The van der Waals surface area contributed by atoms with Crippen LogP contribution < -0.4 is 4.74 Å². The minimum absolute atomic E-state index is 0.0635. The summed E-state index contributed by atoms with van der Waals surface area (Å²) in [6, 6.07) is 7.15. The SMILES string of the molecule is CCCOc1ccc(CC(=O)O)cc1. The summed E-state index contributed by atoms with van der Waals surface area (Å²) in [6.07, 6.45) is 1.03. The Morgan fingerprint density at radius 1 is 1.36 bits per heavy atom. The van der Waals surface area contributed by atoms with Crippen molar-refractivity contribution < 1.29 is 14.6 Å². The van der Waals surface area contributed by atoms with Crippen LogP contribution in [0.3, 0.4) is 0 Å². The predicted octanol–water partition coefficient (Wildman–Crippen LogP) is 2.10. The highest BCUT2D eigenvalue weighted by Gasteiger charge is 2.00. The zero-order valence-electron chi connectivity index (χ0n) is 8.19. The molecule has 0 aliphatic carbocycles. The Morgan fingerprint density at radius 2 is 2.00 bits per heavy atom. The van der Waals surface area contributed by atoms with Crippen LogP contribution in [0, 0.1) is 0 Å². The lowest BCUT2D eigenvalue weighted by Gasteiger charge is -2.04. The van der Waals surface area contributed by atoms with Gasteiger partial charge >= 0.3 is 5.97 Å². The number of rotatable bonds is 5. The van der Waals surface area contributed by atoms with Crippen LogP contribution in [0.1, 0.15) is 18.9 Å². The standard InChI is InChI=1S/C11H14O3/c1-2-7-14-10-5-3-9(4-6-10)8-11(12)13/h3-6H,2,7-8H2,1H3,(H,12,13). The summed E-state index contributed by atoms with van der Waals surface area (Å²) >= 11 is 0. The Kier molecular flexibility index (Phi) is 3.98. The predicted molar refractivity (Wildman–Crippen MR) is 53.6 cm³/mol. The van der Waals surface area contributed by atoms with Gasteiger partial charge in [0.2, 0.25) is 0 Å². The summed E-state index contributed by atoms with van der Waals surface area (Å²) < 4.78 is 5.37. The minimum Gasteiger partial charge on any atom is -0.494 e. The molecule has 0 aliphatic heterocycles. The lowest BCUT2D eigenvalue weighted by atomic mass is 10.1. The molecule has 1 rings (SSSR count). The van der Waals surface area contributed by atoms with E-state index in [2.05, 4.69) is 0 Å². The molecule has 0 fully saturated rings. The molecule has 0 atom stereocenters. The van der Waals surface area contributed by atoms with Crippen LogP contribution in [0.4, 0.5) is 0 Å². The molecule has 1 aromatic rings. The maximum atomic E-state index is 10.4. The fourth-order valence-electron chi connectivity index (χ4n) is 1.10. The molecule has 0 saturated carbocycles. The van der Waals surface area contributed by atoms with Gasteiger partial charge in [-0.05, 0) is 24.1 Å². The number of hydrogen-bond acceptors (Lipinski definition) is 2. The first-order valence-corrected chi connectivity index (χ1v) is 4.66. The van der Waals surface area contributed by atoms with E-state index in [1.165, 1.54) is 0 Å². The highest BCUT2D eigenvalue weighted by molar-refractivity contribution is 5.70. The summed E-state index contributed by atoms with van der Waals surface area (Å²) in [5.41, 5.74) is 0.793. The average Bonchev–Trinajstić information content (AvgIpc) is 2.16. The first-order chi connectivity index (χ1) is 6.72. The Morgan fingerprint density at radius 3 is 2.50 bits per heavy atom. The van der Waals surface area contributed by atoms with Crippen LogP contribution in [-0.4, -0.2) is 17.7 Å². The second kappa shape index (κ2) is 5.27. The summed E-state index contributed by atoms with van der Waals surface area (Å²) in [5.74, 6) is -0.0202. The number of hydrogen-bond donors (Lipinski definition) is 1. The zero-order chi connectivity index (χ0) is 10.4. The smallest absolute Gasteiger partial charge is 0.307 e. The third kappa shape index (κ3) is 3.47. The van der Waals surface area contributed by atoms with Gasteiger partial charge in [-0.1, -0.05) is 19.1 Å². The summed E-state index contributed by atoms with van der Waals surface area (Å²) in [7, 11) is 0. The Bertz CT molecular complexity index is 290. The first-order valence-electron chi connectivity index (χ1n) is 4.66. The van der Waals surface area contributed by atoms with Crippen molar-refractivity contribution in [3.05, 3.63) is 29.8 Å². The first kappa shape index (κ1) is 10.6. The lowest BCUT2D eigenvalue weighted by Crippen LogP contribution is -2.00. The molecule has 0 saturated heterocycles. The molecule has 0 radical (unpaired) electrons. The summed E-state index contributed by atoms with van der Waals surface area (Å²) in [4.78, 5) is 10.4. The molecule has 0 aliphatic rings. The van der Waals surface area contributed by atoms with Crippen molar-refractivity contribution in [2.75, 3.05) is 6.61 Å². The van der Waals surface area contributed by atoms with Gasteiger partial charge < -0.3 is 9.84 Å². The quantitative estimate of drug-likeness (QED) is 0.780. The van der Waals surface area contributed by atoms with Gasteiger partial charge in [-0.3, -0.25) is 4.79 Å². The molecule has 3 heteroatoms. The highest BCUT2D eigenvalue weighted by Crippen LogP contribution is 2.12. The van der Waals surface area contributed by atoms with Gasteiger partial charge in [-0.15, -0.1) is 0 Å². The third-order valence-corrected chi connectivity index (χ3v) is 1.75. The van der Waals surface area contributed by atoms with Crippen molar-refractivity contribution >= 4 is 5.97 Å². The van der Waals surface area contributed by atoms with Crippen molar-refractivity contribution in [1.82, 2.24) is 0 Å². The normalized spacial score (nSPS) is 9.79. The van der Waals surface area contributed by atoms with E-state index < -0.39 is 5.97 Å². The topological polar surface area (TPSA) is 46.5 Å². The van der Waals surface area contributed by atoms with Crippen LogP contribution >= 0.6 is 0 Å². The van der Waals surface area contributed by atoms with E-state index in [0.717, 1.165) is 17.7 Å². The summed E-state index contributed by atoms with van der Waals surface area (Å²) in [6.45, 7) is 2.73. The third-order valence-electron chi connectivity index (χ3n) is 1.75. The van der Waals surface area contributed by atoms with Gasteiger partial charge in [-0.25, -0.2) is 0 Å². The second-order valence-electron chi connectivity index (χ2n) is 3.06. The van der Waals surface area contributed by atoms with Crippen molar-refractivity contribution in [1.29, 1.82) is 0 Å². The molecule has 0 unspecified atom stereocenters. The van der Waals surface area contributed by atoms with Crippen molar-refractivity contribution in [3.63, 3.8) is 0 Å². The van der Waals surface area contributed by atoms with Gasteiger partial charge in [0.1, 0.15) is 5.75 Å². The van der Waals surface area contributed by atoms with Crippen LogP contribution in [0.25, 0.3) is 0 Å². The Labute approximate surface area is 83.3 Å². The number of aliphatic carboxylic acids is 1. The highest BCUT2D eigenvalue weighted by atomic mass is 16.5. The monoisotopic (exact) mass is 194 g/mol. The number of carboxylic acids is 1. The molecule has 76 valence electrons. The van der Waals surface area contributed by atoms with Crippen molar-refractivity contribution in [3.8, 4) is 5.75 Å². The van der Waals surface area contributed by atoms with E-state index >= 15 is 0 Å². The van der Waals surface area contributed by atoms with Crippen LogP contribution in [0.5, 0.6) is 5.75 Å². The molecule has 3 nitrogen and oxygen atoms in total. The van der Waals surface area contributed by atoms with Gasteiger partial charge in [-0.2, -0.15) is 0 Å². The number of carboxylic acid groups (broad SMARTS) is 1. The fraction of sp³-hybridized carbons (Fsp3) is 0.364. The Hall–Kier alpha value is -1.51. The van der Waals surface area contributed by atoms with Crippen LogP contribution in [0.15, 0.2) is 24.3 Å². The zero-order valence-corrected chi connectivity index (χ0v) is 8.19. The van der Waals surface area contributed by atoms with Crippen LogP contribution in [0.2, 0.25) is 0 Å². The fourth-order valence-corrected chi connectivity index (χ4v) is 1.10. The van der Waals surface area contributed by atoms with Crippen molar-refractivity contribution in [2.45, 2.75) is 19.8 Å². The maximum absolute atomic E-state index is 10.4. The van der Waals surface area contributed by atoms with E-state index in [1.807, 2.05) is 6.92 Å². The average molecular weight is 194 g/mol. The molecule has 0 amide bonds. The van der Waals surface area contributed by atoms with E-state index in [9.17, 15) is 4.79 Å². The molecular formula is C11H14O3. The molecule has 0 heterocycles. The molecule has 1 aromatic carbocycles. The van der Waals surface area contributed by atoms with Crippen LogP contribution in [-0.2, 0) is 11.2 Å². The number of benzene rings is 1. The van der Waals surface area contributed by atoms with E-state index in [4.69, 9.17) is 9.84 Å². The number of ether oxygens (including phenoxy) is 1. The van der Waals surface area contributed by atoms with Gasteiger partial charge in [0.15, 0.2) is 0 Å². The minimum atomic E-state index is -0.813. The maximum Gasteiger partial charge on any atom is 0.307 e. The molecule has 0 bridgehead atoms. The van der Waals surface area contributed by atoms with E-state index in [0.29, 0.717) is 6.61 Å². The van der Waals surface area contributed by atoms with Gasteiger partial charge in [0, 0.05) is 0 Å². The molecule has 1 N–H and O–H groups in total. The van der Waals surface area contributed by atoms with E-state index in [-0.39, 0.29) is 6.42 Å². The van der Waals surface area contributed by atoms with Gasteiger partial charge in [0.05, 0.1) is 13.0 Å². The Balaban J connectivity index is 2.54. The molecule has 0 aromatic heterocycles. The van der Waals surface area contributed by atoms with E-state index in [1.54, 1.807) is 24.3 Å².